The molecule has 6 nitrogen and oxygen atoms in total. The molecule has 2 aromatic carbocycles. The molecular formula is C29H35FN4O2. The number of amides is 1. The van der Waals surface area contributed by atoms with Gasteiger partial charge in [-0.15, -0.1) is 0 Å². The van der Waals surface area contributed by atoms with Gasteiger partial charge >= 0.3 is 0 Å². The number of nitrogens with zero attached hydrogens (tertiary/aromatic N) is 4. The van der Waals surface area contributed by atoms with Crippen LogP contribution in [0.3, 0.4) is 0 Å². The number of methoxy groups -OCH3 is 1. The minimum absolute atomic E-state index is 0.171. The molecule has 1 aliphatic heterocycles. The van der Waals surface area contributed by atoms with Gasteiger partial charge in [-0.25, -0.2) is 9.07 Å². The first-order chi connectivity index (χ1) is 17.2. The first-order valence-corrected chi connectivity index (χ1v) is 12.8. The van der Waals surface area contributed by atoms with Crippen LogP contribution in [0.5, 0.6) is 5.75 Å². The van der Waals surface area contributed by atoms with Crippen LogP contribution in [0.4, 0.5) is 4.39 Å². The molecule has 0 N–H and O–H groups in total. The van der Waals surface area contributed by atoms with E-state index in [1.807, 2.05) is 66.8 Å². The summed E-state index contributed by atoms with van der Waals surface area (Å²) in [7, 11) is 1.68. The molecule has 36 heavy (non-hydrogen) atoms. The minimum Gasteiger partial charge on any atom is -0.494 e. The van der Waals surface area contributed by atoms with Crippen molar-refractivity contribution in [2.24, 2.45) is 5.41 Å². The van der Waals surface area contributed by atoms with E-state index in [9.17, 15) is 9.18 Å². The number of benzene rings is 2. The molecule has 0 saturated heterocycles. The monoisotopic (exact) mass is 490 g/mol. The third kappa shape index (κ3) is 5.03. The molecule has 2 heterocycles. The van der Waals surface area contributed by atoms with Crippen molar-refractivity contribution in [3.63, 3.8) is 0 Å². The molecule has 2 aliphatic rings. The Labute approximate surface area is 212 Å². The molecule has 190 valence electrons. The lowest BCUT2D eigenvalue weighted by atomic mass is 9.94. The SMILES string of the molecule is COc1ccccc1-n1nc(CN(C(=O)C(C)(C)C)C2CC2)c2c1CCN(Cc1ccc(F)cc1)C2. The summed E-state index contributed by atoms with van der Waals surface area (Å²) < 4.78 is 21.1. The molecule has 1 aliphatic carbocycles. The second-order valence-corrected chi connectivity index (χ2v) is 11.0. The van der Waals surface area contributed by atoms with Gasteiger partial charge in [0, 0.05) is 43.1 Å². The van der Waals surface area contributed by atoms with Gasteiger partial charge < -0.3 is 9.64 Å². The highest BCUT2D eigenvalue weighted by Crippen LogP contribution is 2.35. The number of carbonyl (C=O) groups is 1. The van der Waals surface area contributed by atoms with E-state index >= 15 is 0 Å². The van der Waals surface area contributed by atoms with Crippen molar-refractivity contribution < 1.29 is 13.9 Å². The molecule has 0 unspecified atom stereocenters. The van der Waals surface area contributed by atoms with Crippen LogP contribution in [0.2, 0.25) is 0 Å². The Morgan fingerprint density at radius 2 is 1.86 bits per heavy atom. The van der Waals surface area contributed by atoms with Crippen LogP contribution in [-0.4, -0.2) is 45.2 Å². The standard InChI is InChI=1S/C29H35FN4O2/c1-29(2,3)28(35)33(22-13-14-22)19-24-23-18-32(17-20-9-11-21(30)12-10-20)16-15-25(23)34(31-24)26-7-5-6-8-27(26)36-4/h5-12,22H,13-19H2,1-4H3. The number of hydrogen-bond acceptors (Lipinski definition) is 4. The van der Waals surface area contributed by atoms with Crippen LogP contribution in [0, 0.1) is 11.2 Å². The van der Waals surface area contributed by atoms with E-state index in [-0.39, 0.29) is 11.7 Å². The second-order valence-electron chi connectivity index (χ2n) is 11.0. The van der Waals surface area contributed by atoms with Crippen LogP contribution in [0.15, 0.2) is 48.5 Å². The van der Waals surface area contributed by atoms with Gasteiger partial charge in [0.15, 0.2) is 0 Å². The maximum absolute atomic E-state index is 13.4. The zero-order chi connectivity index (χ0) is 25.4. The number of para-hydroxylation sites is 2. The molecule has 1 fully saturated rings. The Morgan fingerprint density at radius 1 is 1.14 bits per heavy atom. The molecular weight excluding hydrogens is 455 g/mol. The molecule has 1 amide bonds. The summed E-state index contributed by atoms with van der Waals surface area (Å²) in [5.74, 6) is 0.723. The lowest BCUT2D eigenvalue weighted by Crippen LogP contribution is -2.41. The normalized spacial score (nSPS) is 16.0. The van der Waals surface area contributed by atoms with Crippen molar-refractivity contribution in [1.29, 1.82) is 0 Å². The Kier molecular flexibility index (Phi) is 6.60. The predicted octanol–water partition coefficient (Wildman–Crippen LogP) is 5.12. The number of hydrogen-bond donors (Lipinski definition) is 0. The summed E-state index contributed by atoms with van der Waals surface area (Å²) in [6.45, 7) is 8.81. The molecule has 1 saturated carbocycles. The lowest BCUT2D eigenvalue weighted by Gasteiger charge is -2.31. The molecule has 0 spiro atoms. The van der Waals surface area contributed by atoms with E-state index in [0.29, 0.717) is 12.6 Å². The average molecular weight is 491 g/mol. The van der Waals surface area contributed by atoms with Crippen LogP contribution in [0.1, 0.15) is 56.1 Å². The van der Waals surface area contributed by atoms with E-state index < -0.39 is 5.41 Å². The summed E-state index contributed by atoms with van der Waals surface area (Å²) >= 11 is 0. The van der Waals surface area contributed by atoms with Crippen molar-refractivity contribution in [1.82, 2.24) is 19.6 Å². The fourth-order valence-corrected chi connectivity index (χ4v) is 5.00. The highest BCUT2D eigenvalue weighted by molar-refractivity contribution is 5.82. The Morgan fingerprint density at radius 3 is 2.53 bits per heavy atom. The molecule has 0 bridgehead atoms. The van der Waals surface area contributed by atoms with Crippen LogP contribution in [-0.2, 0) is 30.8 Å². The molecule has 1 aromatic heterocycles. The molecule has 3 aromatic rings. The predicted molar refractivity (Wildman–Crippen MR) is 137 cm³/mol. The number of halogens is 1. The maximum atomic E-state index is 13.4. The number of aromatic nitrogens is 2. The fraction of sp³-hybridized carbons (Fsp3) is 0.448. The Bertz CT molecular complexity index is 1240. The van der Waals surface area contributed by atoms with E-state index in [0.717, 1.165) is 61.6 Å². The van der Waals surface area contributed by atoms with Gasteiger partial charge in [0.1, 0.15) is 17.3 Å². The van der Waals surface area contributed by atoms with E-state index in [1.165, 1.54) is 23.4 Å². The van der Waals surface area contributed by atoms with E-state index in [1.54, 1.807) is 7.11 Å². The van der Waals surface area contributed by atoms with Crippen LogP contribution >= 0.6 is 0 Å². The van der Waals surface area contributed by atoms with E-state index in [4.69, 9.17) is 9.84 Å². The topological polar surface area (TPSA) is 50.6 Å². The summed E-state index contributed by atoms with van der Waals surface area (Å²) in [6, 6.07) is 15.0. The zero-order valence-electron chi connectivity index (χ0n) is 21.6. The molecule has 0 atom stereocenters. The van der Waals surface area contributed by atoms with Gasteiger partial charge in [-0.3, -0.25) is 9.69 Å². The van der Waals surface area contributed by atoms with Gasteiger partial charge in [-0.1, -0.05) is 45.0 Å². The summed E-state index contributed by atoms with van der Waals surface area (Å²) in [5.41, 5.74) is 4.85. The third-order valence-corrected chi connectivity index (χ3v) is 7.06. The lowest BCUT2D eigenvalue weighted by molar-refractivity contribution is -0.140. The highest BCUT2D eigenvalue weighted by atomic mass is 19.1. The highest BCUT2D eigenvalue weighted by Gasteiger charge is 2.39. The first kappa shape index (κ1) is 24.5. The smallest absolute Gasteiger partial charge is 0.228 e. The van der Waals surface area contributed by atoms with Gasteiger partial charge in [0.2, 0.25) is 5.91 Å². The van der Waals surface area contributed by atoms with Crippen molar-refractivity contribution in [2.75, 3.05) is 13.7 Å². The zero-order valence-corrected chi connectivity index (χ0v) is 21.6. The van der Waals surface area contributed by atoms with Crippen LogP contribution in [0.25, 0.3) is 5.69 Å². The van der Waals surface area contributed by atoms with Crippen molar-refractivity contribution >= 4 is 5.91 Å². The Hall–Kier alpha value is -3.19. The largest absolute Gasteiger partial charge is 0.494 e. The van der Waals surface area contributed by atoms with Crippen molar-refractivity contribution in [3.05, 3.63) is 76.9 Å². The van der Waals surface area contributed by atoms with Crippen LogP contribution < -0.4 is 4.74 Å². The fourth-order valence-electron chi connectivity index (χ4n) is 5.00. The average Bonchev–Trinajstić information content (AvgIpc) is 3.65. The molecule has 7 heteroatoms. The number of rotatable bonds is 7. The number of ether oxygens (including phenoxy) is 1. The first-order valence-electron chi connectivity index (χ1n) is 12.8. The number of carbonyl (C=O) groups excluding carboxylic acids is 1. The molecule has 0 radical (unpaired) electrons. The summed E-state index contributed by atoms with van der Waals surface area (Å²) in [5, 5.41) is 5.10. The second kappa shape index (κ2) is 9.69. The minimum atomic E-state index is -0.442. The third-order valence-electron chi connectivity index (χ3n) is 7.06. The van der Waals surface area contributed by atoms with Crippen molar-refractivity contribution in [3.8, 4) is 11.4 Å². The van der Waals surface area contributed by atoms with Gasteiger partial charge in [0.25, 0.3) is 0 Å². The maximum Gasteiger partial charge on any atom is 0.228 e. The van der Waals surface area contributed by atoms with E-state index in [2.05, 4.69) is 4.90 Å². The summed E-state index contributed by atoms with van der Waals surface area (Å²) in [6.07, 6.45) is 2.93. The quantitative estimate of drug-likeness (QED) is 0.462. The Balaban J connectivity index is 1.51. The number of fused-ring (bicyclic) bond motifs is 1. The van der Waals surface area contributed by atoms with Gasteiger partial charge in [-0.05, 0) is 42.7 Å². The summed E-state index contributed by atoms with van der Waals surface area (Å²) in [4.78, 5) is 17.8. The molecule has 5 rings (SSSR count). The van der Waals surface area contributed by atoms with Crippen molar-refractivity contribution in [2.45, 2.75) is 65.7 Å². The van der Waals surface area contributed by atoms with Gasteiger partial charge in [-0.2, -0.15) is 5.10 Å². The van der Waals surface area contributed by atoms with Gasteiger partial charge in [0.05, 0.1) is 25.0 Å².